The molecule has 19 heavy (non-hydrogen) atoms. The van der Waals surface area contributed by atoms with Crippen LogP contribution in [0.1, 0.15) is 37.7 Å². The minimum absolute atomic E-state index is 0.0582. The van der Waals surface area contributed by atoms with Gasteiger partial charge in [-0.05, 0) is 37.3 Å². The maximum Gasteiger partial charge on any atom is 0.272 e. The number of pyridine rings is 1. The Morgan fingerprint density at radius 3 is 3.00 bits per heavy atom. The van der Waals surface area contributed by atoms with E-state index in [1.54, 1.807) is 6.20 Å². The van der Waals surface area contributed by atoms with E-state index in [1.165, 1.54) is 0 Å². The molecule has 1 N–H and O–H groups in total. The lowest BCUT2D eigenvalue weighted by atomic mass is 9.95. The van der Waals surface area contributed by atoms with Crippen LogP contribution in [0.3, 0.4) is 0 Å². The van der Waals surface area contributed by atoms with E-state index in [-0.39, 0.29) is 5.91 Å². The molecule has 1 aliphatic heterocycles. The van der Waals surface area contributed by atoms with Crippen LogP contribution >= 0.6 is 0 Å². The Hall–Kier alpha value is -1.58. The van der Waals surface area contributed by atoms with Gasteiger partial charge < -0.3 is 10.2 Å². The van der Waals surface area contributed by atoms with Crippen LogP contribution in [0.2, 0.25) is 0 Å². The number of aromatic nitrogens is 1. The van der Waals surface area contributed by atoms with Crippen molar-refractivity contribution in [3.8, 4) is 0 Å². The fourth-order valence-corrected chi connectivity index (χ4v) is 2.54. The Kier molecular flexibility index (Phi) is 4.40. The number of rotatable bonds is 4. The minimum atomic E-state index is 0.0582. The number of anilines is 1. The first-order valence-corrected chi connectivity index (χ1v) is 7.11. The molecular weight excluding hydrogens is 238 g/mol. The van der Waals surface area contributed by atoms with Gasteiger partial charge in [0.1, 0.15) is 5.69 Å². The molecule has 2 heterocycles. The zero-order valence-electron chi connectivity index (χ0n) is 12.0. The van der Waals surface area contributed by atoms with Crippen molar-refractivity contribution in [1.29, 1.82) is 0 Å². The Bertz CT molecular complexity index is 445. The lowest BCUT2D eigenvalue weighted by molar-refractivity contribution is 0.0778. The number of nitrogens with one attached hydrogen (secondary N) is 1. The molecule has 0 bridgehead atoms. The summed E-state index contributed by atoms with van der Waals surface area (Å²) < 4.78 is 0. The summed E-state index contributed by atoms with van der Waals surface area (Å²) in [5.74, 6) is 1.32. The number of hydrogen-bond donors (Lipinski definition) is 1. The molecule has 1 aromatic rings. The molecule has 0 aromatic carbocycles. The van der Waals surface area contributed by atoms with Gasteiger partial charge in [0.25, 0.3) is 5.91 Å². The molecule has 0 spiro atoms. The highest BCUT2D eigenvalue weighted by atomic mass is 16.2. The molecule has 0 radical (unpaired) electrons. The third-order valence-electron chi connectivity index (χ3n) is 3.81. The van der Waals surface area contributed by atoms with Crippen LogP contribution in [0.25, 0.3) is 0 Å². The predicted octanol–water partition coefficient (Wildman–Crippen LogP) is 2.63. The molecular formula is C15H23N3O. The molecule has 1 aliphatic rings. The number of amides is 1. The van der Waals surface area contributed by atoms with Gasteiger partial charge >= 0.3 is 0 Å². The van der Waals surface area contributed by atoms with Crippen LogP contribution in [0.4, 0.5) is 5.69 Å². The summed E-state index contributed by atoms with van der Waals surface area (Å²) >= 11 is 0. The summed E-state index contributed by atoms with van der Waals surface area (Å²) in [5, 5.41) is 3.21. The maximum absolute atomic E-state index is 12.4. The molecule has 1 unspecified atom stereocenters. The van der Waals surface area contributed by atoms with Gasteiger partial charge in [-0.1, -0.05) is 13.8 Å². The summed E-state index contributed by atoms with van der Waals surface area (Å²) in [6.07, 6.45) is 2.80. The molecule has 0 aliphatic carbocycles. The summed E-state index contributed by atoms with van der Waals surface area (Å²) in [6.45, 7) is 9.05. The van der Waals surface area contributed by atoms with Crippen molar-refractivity contribution in [1.82, 2.24) is 9.88 Å². The van der Waals surface area contributed by atoms with Crippen LogP contribution in [-0.2, 0) is 0 Å². The highest BCUT2D eigenvalue weighted by molar-refractivity contribution is 5.93. The highest BCUT2D eigenvalue weighted by Gasteiger charge is 2.29. The molecule has 104 valence electrons. The van der Waals surface area contributed by atoms with Crippen LogP contribution < -0.4 is 5.32 Å². The van der Waals surface area contributed by atoms with Gasteiger partial charge in [-0.25, -0.2) is 0 Å². The molecule has 1 amide bonds. The molecule has 1 fully saturated rings. The summed E-state index contributed by atoms with van der Waals surface area (Å²) in [6, 6.07) is 3.73. The number of carbonyl (C=O) groups is 1. The normalized spacial score (nSPS) is 18.9. The number of nitrogens with zero attached hydrogens (tertiary/aromatic N) is 2. The van der Waals surface area contributed by atoms with Gasteiger partial charge in [-0.15, -0.1) is 0 Å². The summed E-state index contributed by atoms with van der Waals surface area (Å²) in [4.78, 5) is 18.5. The van der Waals surface area contributed by atoms with Gasteiger partial charge in [0.15, 0.2) is 0 Å². The second-order valence-corrected chi connectivity index (χ2v) is 5.50. The lowest BCUT2D eigenvalue weighted by Crippen LogP contribution is -2.30. The second kappa shape index (κ2) is 6.04. The average Bonchev–Trinajstić information content (AvgIpc) is 2.88. The zero-order valence-corrected chi connectivity index (χ0v) is 12.0. The number of carbonyl (C=O) groups excluding carboxylic acids is 1. The van der Waals surface area contributed by atoms with Gasteiger partial charge in [0, 0.05) is 31.5 Å². The van der Waals surface area contributed by atoms with Crippen LogP contribution in [-0.4, -0.2) is 35.4 Å². The van der Waals surface area contributed by atoms with Crippen molar-refractivity contribution < 1.29 is 4.79 Å². The fourth-order valence-electron chi connectivity index (χ4n) is 2.54. The summed E-state index contributed by atoms with van der Waals surface area (Å²) in [5.41, 5.74) is 1.50. The Morgan fingerprint density at radius 1 is 1.58 bits per heavy atom. The largest absolute Gasteiger partial charge is 0.385 e. The fraction of sp³-hybridized carbons (Fsp3) is 0.600. The molecule has 4 heteroatoms. The topological polar surface area (TPSA) is 45.2 Å². The highest BCUT2D eigenvalue weighted by Crippen LogP contribution is 2.24. The Balaban J connectivity index is 2.06. The van der Waals surface area contributed by atoms with Gasteiger partial charge in [0.2, 0.25) is 0 Å². The van der Waals surface area contributed by atoms with Crippen molar-refractivity contribution in [3.05, 3.63) is 24.0 Å². The third kappa shape index (κ3) is 3.25. The molecule has 1 aromatic heterocycles. The van der Waals surface area contributed by atoms with E-state index in [0.717, 1.165) is 31.7 Å². The molecule has 1 atom stereocenters. The van der Waals surface area contributed by atoms with E-state index < -0.39 is 0 Å². The Labute approximate surface area is 115 Å². The number of hydrogen-bond acceptors (Lipinski definition) is 3. The first-order valence-electron chi connectivity index (χ1n) is 7.11. The minimum Gasteiger partial charge on any atom is -0.385 e. The molecule has 0 saturated carbocycles. The maximum atomic E-state index is 12.4. The van der Waals surface area contributed by atoms with Gasteiger partial charge in [-0.3, -0.25) is 9.78 Å². The van der Waals surface area contributed by atoms with Crippen molar-refractivity contribution >= 4 is 11.6 Å². The third-order valence-corrected chi connectivity index (χ3v) is 3.81. The monoisotopic (exact) mass is 261 g/mol. The lowest BCUT2D eigenvalue weighted by Gasteiger charge is -2.18. The van der Waals surface area contributed by atoms with Crippen molar-refractivity contribution in [3.63, 3.8) is 0 Å². The SMILES string of the molecule is CCNc1ccnc(C(=O)N2CCC(C(C)C)C2)c1. The second-order valence-electron chi connectivity index (χ2n) is 5.50. The molecule has 1 saturated heterocycles. The number of likely N-dealkylation sites (tertiary alicyclic amines) is 1. The first kappa shape index (κ1) is 13.8. The quantitative estimate of drug-likeness (QED) is 0.906. The van der Waals surface area contributed by atoms with Crippen LogP contribution in [0.15, 0.2) is 18.3 Å². The van der Waals surface area contributed by atoms with Crippen LogP contribution in [0, 0.1) is 11.8 Å². The molecule has 2 rings (SSSR count). The van der Waals surface area contributed by atoms with Crippen LogP contribution in [0.5, 0.6) is 0 Å². The van der Waals surface area contributed by atoms with E-state index in [1.807, 2.05) is 24.0 Å². The van der Waals surface area contributed by atoms with Crippen molar-refractivity contribution in [2.24, 2.45) is 11.8 Å². The van der Waals surface area contributed by atoms with Gasteiger partial charge in [-0.2, -0.15) is 0 Å². The zero-order chi connectivity index (χ0) is 13.8. The van der Waals surface area contributed by atoms with Crippen molar-refractivity contribution in [2.75, 3.05) is 25.0 Å². The van der Waals surface area contributed by atoms with E-state index in [2.05, 4.69) is 24.1 Å². The predicted molar refractivity (Wildman–Crippen MR) is 77.2 cm³/mol. The smallest absolute Gasteiger partial charge is 0.272 e. The first-order chi connectivity index (χ1) is 9.11. The van der Waals surface area contributed by atoms with E-state index in [9.17, 15) is 4.79 Å². The average molecular weight is 261 g/mol. The van der Waals surface area contributed by atoms with Gasteiger partial charge in [0.05, 0.1) is 0 Å². The van der Waals surface area contributed by atoms with Crippen molar-refractivity contribution in [2.45, 2.75) is 27.2 Å². The standard InChI is InChI=1S/C15H23N3O/c1-4-16-13-5-7-17-14(9-13)15(19)18-8-6-12(10-18)11(2)3/h5,7,9,11-12H,4,6,8,10H2,1-3H3,(H,16,17). The summed E-state index contributed by atoms with van der Waals surface area (Å²) in [7, 11) is 0. The Morgan fingerprint density at radius 2 is 2.37 bits per heavy atom. The van der Waals surface area contributed by atoms with E-state index >= 15 is 0 Å². The molecule has 4 nitrogen and oxygen atoms in total. The van der Waals surface area contributed by atoms with E-state index in [4.69, 9.17) is 0 Å². The van der Waals surface area contributed by atoms with E-state index in [0.29, 0.717) is 17.5 Å².